The van der Waals surface area contributed by atoms with E-state index in [0.29, 0.717) is 6.04 Å². The third kappa shape index (κ3) is 2.60. The molecule has 1 aliphatic rings. The number of rotatable bonds is 2. The first kappa shape index (κ1) is 12.2. The number of carbonyl (C=O) groups is 1. The SMILES string of the molecule is O=C(NC1CCCCC1)c1ccnc2ccccc12. The van der Waals surface area contributed by atoms with Crippen LogP contribution in [0.5, 0.6) is 0 Å². The smallest absolute Gasteiger partial charge is 0.252 e. The average molecular weight is 254 g/mol. The van der Waals surface area contributed by atoms with E-state index in [1.165, 1.54) is 19.3 Å². The molecule has 0 saturated heterocycles. The molecular weight excluding hydrogens is 236 g/mol. The van der Waals surface area contributed by atoms with Crippen molar-refractivity contribution in [3.63, 3.8) is 0 Å². The quantitative estimate of drug-likeness (QED) is 0.893. The Morgan fingerprint density at radius 1 is 1.11 bits per heavy atom. The Morgan fingerprint density at radius 3 is 2.74 bits per heavy atom. The number of amides is 1. The van der Waals surface area contributed by atoms with E-state index in [2.05, 4.69) is 10.3 Å². The third-order valence-electron chi connectivity index (χ3n) is 3.83. The molecule has 1 fully saturated rings. The van der Waals surface area contributed by atoms with Gasteiger partial charge in [0.1, 0.15) is 0 Å². The molecule has 0 atom stereocenters. The predicted molar refractivity (Wildman–Crippen MR) is 76.1 cm³/mol. The van der Waals surface area contributed by atoms with Crippen LogP contribution in [0.25, 0.3) is 10.9 Å². The molecule has 1 heterocycles. The van der Waals surface area contributed by atoms with Crippen LogP contribution in [-0.2, 0) is 0 Å². The van der Waals surface area contributed by atoms with Crippen molar-refractivity contribution in [1.29, 1.82) is 0 Å². The van der Waals surface area contributed by atoms with Gasteiger partial charge in [0.05, 0.1) is 11.1 Å². The Kier molecular flexibility index (Phi) is 3.45. The minimum Gasteiger partial charge on any atom is -0.349 e. The van der Waals surface area contributed by atoms with Gasteiger partial charge in [0, 0.05) is 17.6 Å². The maximum Gasteiger partial charge on any atom is 0.252 e. The number of hydrogen-bond donors (Lipinski definition) is 1. The van der Waals surface area contributed by atoms with E-state index in [4.69, 9.17) is 0 Å². The van der Waals surface area contributed by atoms with E-state index in [0.717, 1.165) is 29.3 Å². The van der Waals surface area contributed by atoms with Crippen LogP contribution in [0.2, 0.25) is 0 Å². The van der Waals surface area contributed by atoms with Crippen molar-refractivity contribution in [2.75, 3.05) is 0 Å². The molecule has 1 N–H and O–H groups in total. The Bertz CT molecular complexity index is 583. The third-order valence-corrected chi connectivity index (χ3v) is 3.83. The second-order valence-corrected chi connectivity index (χ2v) is 5.18. The summed E-state index contributed by atoms with van der Waals surface area (Å²) in [6.45, 7) is 0. The van der Waals surface area contributed by atoms with Crippen LogP contribution >= 0.6 is 0 Å². The van der Waals surface area contributed by atoms with E-state index in [1.54, 1.807) is 12.3 Å². The number of para-hydroxylation sites is 1. The van der Waals surface area contributed by atoms with Gasteiger partial charge in [-0.15, -0.1) is 0 Å². The largest absolute Gasteiger partial charge is 0.349 e. The van der Waals surface area contributed by atoms with E-state index in [9.17, 15) is 4.79 Å². The summed E-state index contributed by atoms with van der Waals surface area (Å²) >= 11 is 0. The second-order valence-electron chi connectivity index (χ2n) is 5.18. The van der Waals surface area contributed by atoms with Crippen LogP contribution in [-0.4, -0.2) is 16.9 Å². The number of hydrogen-bond acceptors (Lipinski definition) is 2. The summed E-state index contributed by atoms with van der Waals surface area (Å²) in [5.41, 5.74) is 1.61. The number of nitrogens with zero attached hydrogens (tertiary/aromatic N) is 1. The topological polar surface area (TPSA) is 42.0 Å². The first-order chi connectivity index (χ1) is 9.34. The highest BCUT2D eigenvalue weighted by atomic mass is 16.1. The van der Waals surface area contributed by atoms with Crippen LogP contribution < -0.4 is 5.32 Å². The monoisotopic (exact) mass is 254 g/mol. The van der Waals surface area contributed by atoms with Crippen LogP contribution in [0.4, 0.5) is 0 Å². The minimum absolute atomic E-state index is 0.0329. The molecule has 1 saturated carbocycles. The van der Waals surface area contributed by atoms with Crippen LogP contribution in [0, 0.1) is 0 Å². The Hall–Kier alpha value is -1.90. The normalized spacial score (nSPS) is 16.4. The standard InChI is InChI=1S/C16H18N2O/c19-16(18-12-6-2-1-3-7-12)14-10-11-17-15-9-5-4-8-13(14)15/h4-5,8-12H,1-3,6-7H2,(H,18,19). The van der Waals surface area contributed by atoms with Gasteiger partial charge in [0.2, 0.25) is 0 Å². The zero-order valence-corrected chi connectivity index (χ0v) is 10.9. The highest BCUT2D eigenvalue weighted by Crippen LogP contribution is 2.20. The lowest BCUT2D eigenvalue weighted by Gasteiger charge is -2.23. The summed E-state index contributed by atoms with van der Waals surface area (Å²) in [5, 5.41) is 4.09. The molecule has 1 amide bonds. The average Bonchev–Trinajstić information content (AvgIpc) is 2.47. The molecule has 0 spiro atoms. The summed E-state index contributed by atoms with van der Waals surface area (Å²) in [5.74, 6) is 0.0329. The number of pyridine rings is 1. The molecule has 0 unspecified atom stereocenters. The van der Waals surface area contributed by atoms with Gasteiger partial charge in [-0.25, -0.2) is 0 Å². The lowest BCUT2D eigenvalue weighted by Crippen LogP contribution is -2.36. The van der Waals surface area contributed by atoms with Crippen LogP contribution in [0.1, 0.15) is 42.5 Å². The first-order valence-electron chi connectivity index (χ1n) is 6.99. The van der Waals surface area contributed by atoms with Crippen molar-refractivity contribution in [3.8, 4) is 0 Å². The van der Waals surface area contributed by atoms with E-state index < -0.39 is 0 Å². The summed E-state index contributed by atoms with van der Waals surface area (Å²) in [4.78, 5) is 16.7. The summed E-state index contributed by atoms with van der Waals surface area (Å²) in [6, 6.07) is 9.93. The molecule has 3 rings (SSSR count). The molecule has 2 aromatic rings. The summed E-state index contributed by atoms with van der Waals surface area (Å²) in [6.07, 6.45) is 7.66. The van der Waals surface area contributed by atoms with Crippen molar-refractivity contribution in [1.82, 2.24) is 10.3 Å². The van der Waals surface area contributed by atoms with Gasteiger partial charge in [-0.1, -0.05) is 37.5 Å². The van der Waals surface area contributed by atoms with Gasteiger partial charge in [0.25, 0.3) is 5.91 Å². The Balaban J connectivity index is 1.85. The van der Waals surface area contributed by atoms with Crippen LogP contribution in [0.15, 0.2) is 36.5 Å². The Labute approximate surface area is 113 Å². The van der Waals surface area contributed by atoms with Gasteiger partial charge in [-0.3, -0.25) is 9.78 Å². The minimum atomic E-state index is 0.0329. The number of aromatic nitrogens is 1. The molecular formula is C16H18N2O. The lowest BCUT2D eigenvalue weighted by atomic mass is 9.95. The molecule has 98 valence electrons. The maximum absolute atomic E-state index is 12.4. The lowest BCUT2D eigenvalue weighted by molar-refractivity contribution is 0.0929. The molecule has 0 bridgehead atoms. The molecule has 3 heteroatoms. The summed E-state index contributed by atoms with van der Waals surface area (Å²) in [7, 11) is 0. The first-order valence-corrected chi connectivity index (χ1v) is 6.99. The van der Waals surface area contributed by atoms with Crippen molar-refractivity contribution in [2.24, 2.45) is 0 Å². The number of fused-ring (bicyclic) bond motifs is 1. The Morgan fingerprint density at radius 2 is 1.89 bits per heavy atom. The molecule has 0 radical (unpaired) electrons. The van der Waals surface area contributed by atoms with Gasteiger partial charge in [-0.05, 0) is 25.0 Å². The van der Waals surface area contributed by atoms with Gasteiger partial charge in [-0.2, -0.15) is 0 Å². The molecule has 1 aromatic heterocycles. The molecule has 3 nitrogen and oxygen atoms in total. The molecule has 0 aliphatic heterocycles. The highest BCUT2D eigenvalue weighted by Gasteiger charge is 2.17. The fourth-order valence-electron chi connectivity index (χ4n) is 2.80. The van der Waals surface area contributed by atoms with Crippen molar-refractivity contribution in [2.45, 2.75) is 38.1 Å². The van der Waals surface area contributed by atoms with E-state index >= 15 is 0 Å². The van der Waals surface area contributed by atoms with Crippen molar-refractivity contribution >= 4 is 16.8 Å². The molecule has 19 heavy (non-hydrogen) atoms. The second kappa shape index (κ2) is 5.39. The number of benzene rings is 1. The maximum atomic E-state index is 12.4. The van der Waals surface area contributed by atoms with Gasteiger partial charge in [0.15, 0.2) is 0 Å². The zero-order chi connectivity index (χ0) is 13.1. The van der Waals surface area contributed by atoms with Crippen LogP contribution in [0.3, 0.4) is 0 Å². The summed E-state index contributed by atoms with van der Waals surface area (Å²) < 4.78 is 0. The number of carbonyl (C=O) groups excluding carboxylic acids is 1. The fraction of sp³-hybridized carbons (Fsp3) is 0.375. The highest BCUT2D eigenvalue weighted by molar-refractivity contribution is 6.06. The van der Waals surface area contributed by atoms with Gasteiger partial charge < -0.3 is 5.32 Å². The predicted octanol–water partition coefficient (Wildman–Crippen LogP) is 3.30. The fourth-order valence-corrected chi connectivity index (χ4v) is 2.80. The molecule has 1 aliphatic carbocycles. The van der Waals surface area contributed by atoms with E-state index in [-0.39, 0.29) is 5.91 Å². The van der Waals surface area contributed by atoms with Crippen molar-refractivity contribution in [3.05, 3.63) is 42.1 Å². The van der Waals surface area contributed by atoms with Gasteiger partial charge >= 0.3 is 0 Å². The van der Waals surface area contributed by atoms with Crippen molar-refractivity contribution < 1.29 is 4.79 Å². The van der Waals surface area contributed by atoms with E-state index in [1.807, 2.05) is 24.3 Å². The zero-order valence-electron chi connectivity index (χ0n) is 10.9. The number of nitrogens with one attached hydrogen (secondary N) is 1. The molecule has 1 aromatic carbocycles.